The van der Waals surface area contributed by atoms with E-state index in [4.69, 9.17) is 10.5 Å². The van der Waals surface area contributed by atoms with Crippen molar-refractivity contribution in [3.8, 4) is 0 Å². The number of hydrogen-bond donors (Lipinski definition) is 1. The van der Waals surface area contributed by atoms with E-state index in [1.54, 1.807) is 4.90 Å². The van der Waals surface area contributed by atoms with Crippen LogP contribution in [0.2, 0.25) is 0 Å². The van der Waals surface area contributed by atoms with Crippen molar-refractivity contribution in [3.05, 3.63) is 33.9 Å². The van der Waals surface area contributed by atoms with E-state index in [0.717, 1.165) is 31.7 Å². The number of carbonyl (C=O) groups excluding carboxylic acids is 2. The van der Waals surface area contributed by atoms with Crippen molar-refractivity contribution in [2.45, 2.75) is 32.1 Å². The summed E-state index contributed by atoms with van der Waals surface area (Å²) in [6, 6.07) is 3.53. The summed E-state index contributed by atoms with van der Waals surface area (Å²) in [5, 5.41) is 10.8. The Bertz CT molecular complexity index is 624. The van der Waals surface area contributed by atoms with Gasteiger partial charge >= 0.3 is 5.97 Å². The fourth-order valence-corrected chi connectivity index (χ4v) is 2.63. The van der Waals surface area contributed by atoms with Crippen LogP contribution < -0.4 is 5.73 Å². The Balaban J connectivity index is 1.95. The van der Waals surface area contributed by atoms with Crippen LogP contribution in [0.4, 0.5) is 11.4 Å². The van der Waals surface area contributed by atoms with E-state index >= 15 is 0 Å². The van der Waals surface area contributed by atoms with Crippen molar-refractivity contribution in [2.75, 3.05) is 25.4 Å². The second kappa shape index (κ2) is 8.28. The maximum Gasteiger partial charge on any atom is 0.341 e. The molecule has 1 aromatic carbocycles. The zero-order valence-electron chi connectivity index (χ0n) is 13.4. The van der Waals surface area contributed by atoms with Crippen LogP contribution in [0.1, 0.15) is 42.5 Å². The maximum atomic E-state index is 12.2. The molecule has 8 heteroatoms. The van der Waals surface area contributed by atoms with Crippen LogP contribution >= 0.6 is 0 Å². The molecule has 0 radical (unpaired) electrons. The molecule has 130 valence electrons. The van der Waals surface area contributed by atoms with Crippen LogP contribution in [0.15, 0.2) is 18.2 Å². The Hall–Kier alpha value is -2.64. The van der Waals surface area contributed by atoms with Crippen molar-refractivity contribution in [2.24, 2.45) is 0 Å². The molecule has 1 fully saturated rings. The lowest BCUT2D eigenvalue weighted by atomic mass is 10.1. The van der Waals surface area contributed by atoms with Crippen molar-refractivity contribution in [3.63, 3.8) is 0 Å². The number of nitro benzene ring substituents is 1. The Kier molecular flexibility index (Phi) is 6.11. The van der Waals surface area contributed by atoms with Crippen LogP contribution in [0, 0.1) is 10.1 Å². The first kappa shape index (κ1) is 17.7. The minimum absolute atomic E-state index is 0.0734. The summed E-state index contributed by atoms with van der Waals surface area (Å²) in [5.41, 5.74) is 5.37. The van der Waals surface area contributed by atoms with E-state index in [2.05, 4.69) is 0 Å². The van der Waals surface area contributed by atoms with Gasteiger partial charge in [-0.2, -0.15) is 0 Å². The van der Waals surface area contributed by atoms with E-state index in [-0.39, 0.29) is 29.5 Å². The van der Waals surface area contributed by atoms with Gasteiger partial charge in [-0.3, -0.25) is 14.9 Å². The summed E-state index contributed by atoms with van der Waals surface area (Å²) in [5.74, 6) is -1.09. The van der Waals surface area contributed by atoms with Crippen molar-refractivity contribution < 1.29 is 19.2 Å². The number of ether oxygens (including phenoxy) is 1. The first-order valence-electron chi connectivity index (χ1n) is 7.98. The lowest BCUT2D eigenvalue weighted by molar-refractivity contribution is -0.384. The highest BCUT2D eigenvalue weighted by Crippen LogP contribution is 2.20. The summed E-state index contributed by atoms with van der Waals surface area (Å²) in [6.45, 7) is 0.936. The number of anilines is 1. The number of nitrogens with zero attached hydrogens (tertiary/aromatic N) is 2. The minimum atomic E-state index is -0.836. The van der Waals surface area contributed by atoms with E-state index in [9.17, 15) is 19.7 Å². The average molecular weight is 335 g/mol. The Morgan fingerprint density at radius 2 is 1.79 bits per heavy atom. The number of hydrogen-bond acceptors (Lipinski definition) is 6. The molecule has 0 unspecified atom stereocenters. The highest BCUT2D eigenvalue weighted by Gasteiger charge is 2.20. The van der Waals surface area contributed by atoms with Gasteiger partial charge in [-0.05, 0) is 18.9 Å². The fraction of sp³-hybridized carbons (Fsp3) is 0.500. The second-order valence-electron chi connectivity index (χ2n) is 5.75. The number of nitrogens with two attached hydrogens (primary N) is 1. The van der Waals surface area contributed by atoms with Gasteiger partial charge in [0.25, 0.3) is 11.6 Å². The summed E-state index contributed by atoms with van der Waals surface area (Å²) in [4.78, 5) is 36.1. The minimum Gasteiger partial charge on any atom is -0.452 e. The number of amides is 1. The molecule has 2 N–H and O–H groups in total. The lowest BCUT2D eigenvalue weighted by Gasteiger charge is -2.24. The molecule has 0 atom stereocenters. The van der Waals surface area contributed by atoms with Crippen LogP contribution in [0.5, 0.6) is 0 Å². The number of nitro groups is 1. The van der Waals surface area contributed by atoms with Crippen molar-refractivity contribution in [1.29, 1.82) is 0 Å². The van der Waals surface area contributed by atoms with Crippen LogP contribution in [-0.4, -0.2) is 41.4 Å². The number of carbonyl (C=O) groups is 2. The molecule has 8 nitrogen and oxygen atoms in total. The van der Waals surface area contributed by atoms with E-state index in [1.807, 2.05) is 0 Å². The molecule has 1 aliphatic heterocycles. The van der Waals surface area contributed by atoms with Gasteiger partial charge in [0.05, 0.1) is 10.5 Å². The third-order valence-corrected chi connectivity index (χ3v) is 4.00. The number of esters is 1. The van der Waals surface area contributed by atoms with Crippen molar-refractivity contribution in [1.82, 2.24) is 4.90 Å². The highest BCUT2D eigenvalue weighted by atomic mass is 16.6. The molecule has 1 saturated heterocycles. The van der Waals surface area contributed by atoms with E-state index in [1.165, 1.54) is 18.6 Å². The largest absolute Gasteiger partial charge is 0.452 e. The summed E-state index contributed by atoms with van der Waals surface area (Å²) >= 11 is 0. The lowest BCUT2D eigenvalue weighted by Crippen LogP contribution is -2.37. The molecule has 0 aromatic heterocycles. The molecule has 1 amide bonds. The van der Waals surface area contributed by atoms with Crippen LogP contribution in [0.25, 0.3) is 0 Å². The normalized spacial score (nSPS) is 15.2. The maximum absolute atomic E-state index is 12.2. The SMILES string of the molecule is Nc1ccc([N+](=O)[O-])cc1C(=O)OCC(=O)N1CCCCCCC1. The van der Waals surface area contributed by atoms with Gasteiger partial charge in [0.15, 0.2) is 6.61 Å². The van der Waals surface area contributed by atoms with E-state index in [0.29, 0.717) is 13.1 Å². The number of benzene rings is 1. The number of likely N-dealkylation sites (tertiary alicyclic amines) is 1. The summed E-state index contributed by atoms with van der Waals surface area (Å²) in [6.07, 6.45) is 5.25. The molecule has 0 saturated carbocycles. The van der Waals surface area contributed by atoms with Gasteiger partial charge in [-0.25, -0.2) is 4.79 Å². The first-order chi connectivity index (χ1) is 11.5. The van der Waals surface area contributed by atoms with Crippen LogP contribution in [0.3, 0.4) is 0 Å². The zero-order chi connectivity index (χ0) is 17.5. The van der Waals surface area contributed by atoms with Gasteiger partial charge in [0.1, 0.15) is 0 Å². The molecule has 1 heterocycles. The summed E-state index contributed by atoms with van der Waals surface area (Å²) < 4.78 is 5.00. The third kappa shape index (κ3) is 4.68. The third-order valence-electron chi connectivity index (χ3n) is 4.00. The molecule has 1 aromatic rings. The molecule has 0 spiro atoms. The molecule has 0 aliphatic carbocycles. The number of rotatable bonds is 4. The molecular weight excluding hydrogens is 314 g/mol. The monoisotopic (exact) mass is 335 g/mol. The van der Waals surface area contributed by atoms with E-state index < -0.39 is 10.9 Å². The van der Waals surface area contributed by atoms with Gasteiger partial charge in [0.2, 0.25) is 0 Å². The predicted octanol–water partition coefficient (Wildman–Crippen LogP) is 2.13. The fourth-order valence-electron chi connectivity index (χ4n) is 2.63. The first-order valence-corrected chi connectivity index (χ1v) is 7.98. The predicted molar refractivity (Wildman–Crippen MR) is 87.5 cm³/mol. The standard InChI is InChI=1S/C16H21N3O5/c17-14-7-6-12(19(22)23)10-13(14)16(21)24-11-15(20)18-8-4-2-1-3-5-9-18/h6-7,10H,1-5,8-9,11,17H2. The van der Waals surface area contributed by atoms with Gasteiger partial charge in [0, 0.05) is 30.9 Å². The second-order valence-corrected chi connectivity index (χ2v) is 5.75. The topological polar surface area (TPSA) is 116 Å². The zero-order valence-corrected chi connectivity index (χ0v) is 13.4. The summed E-state index contributed by atoms with van der Waals surface area (Å²) in [7, 11) is 0. The highest BCUT2D eigenvalue weighted by molar-refractivity contribution is 5.97. The molecule has 1 aliphatic rings. The van der Waals surface area contributed by atoms with Gasteiger partial charge in [-0.15, -0.1) is 0 Å². The molecule has 24 heavy (non-hydrogen) atoms. The number of non-ortho nitro benzene ring substituents is 1. The number of nitrogen functional groups attached to an aromatic ring is 1. The average Bonchev–Trinajstić information content (AvgIpc) is 2.52. The van der Waals surface area contributed by atoms with Gasteiger partial charge in [-0.1, -0.05) is 19.3 Å². The Morgan fingerprint density at radius 3 is 2.42 bits per heavy atom. The smallest absolute Gasteiger partial charge is 0.341 e. The van der Waals surface area contributed by atoms with Gasteiger partial charge < -0.3 is 15.4 Å². The molecule has 2 rings (SSSR count). The Morgan fingerprint density at radius 1 is 1.17 bits per heavy atom. The quantitative estimate of drug-likeness (QED) is 0.390. The van der Waals surface area contributed by atoms with Crippen molar-refractivity contribution >= 4 is 23.3 Å². The molecule has 0 bridgehead atoms. The molecular formula is C16H21N3O5. The Labute approximate surface area is 139 Å². The van der Waals surface area contributed by atoms with Crippen LogP contribution in [-0.2, 0) is 9.53 Å².